The van der Waals surface area contributed by atoms with E-state index < -0.39 is 0 Å². The fourth-order valence-corrected chi connectivity index (χ4v) is 2.93. The molecule has 0 N–H and O–H groups in total. The average Bonchev–Trinajstić information content (AvgIpc) is 2.39. The molecule has 0 bridgehead atoms. The second-order valence-electron chi connectivity index (χ2n) is 5.50. The normalized spacial score (nSPS) is 16.9. The van der Waals surface area contributed by atoms with Crippen molar-refractivity contribution in [1.29, 1.82) is 0 Å². The number of anilines is 1. The van der Waals surface area contributed by atoms with Gasteiger partial charge >= 0.3 is 0 Å². The molecule has 0 radical (unpaired) electrons. The zero-order chi connectivity index (χ0) is 13.8. The lowest BCUT2D eigenvalue weighted by Gasteiger charge is -2.37. The highest BCUT2D eigenvalue weighted by molar-refractivity contribution is 9.10. The lowest BCUT2D eigenvalue weighted by Crippen LogP contribution is -2.47. The van der Waals surface area contributed by atoms with Crippen LogP contribution in [-0.2, 0) is 0 Å². The van der Waals surface area contributed by atoms with E-state index in [2.05, 4.69) is 39.6 Å². The van der Waals surface area contributed by atoms with Gasteiger partial charge < -0.3 is 4.90 Å². The highest BCUT2D eigenvalue weighted by Gasteiger charge is 2.19. The maximum Gasteiger partial charge on any atom is 0.152 e. The van der Waals surface area contributed by atoms with E-state index in [1.807, 2.05) is 18.2 Å². The minimum atomic E-state index is 0.711. The largest absolute Gasteiger partial charge is 0.368 e. The molecule has 0 spiro atoms. The van der Waals surface area contributed by atoms with Crippen LogP contribution in [0.2, 0.25) is 0 Å². The zero-order valence-corrected chi connectivity index (χ0v) is 13.2. The smallest absolute Gasteiger partial charge is 0.152 e. The molecule has 1 aliphatic rings. The molecule has 0 amide bonds. The van der Waals surface area contributed by atoms with E-state index in [4.69, 9.17) is 0 Å². The molecule has 104 valence electrons. The second-order valence-corrected chi connectivity index (χ2v) is 6.42. The molecule has 1 saturated heterocycles. The number of carbonyl (C=O) groups is 1. The van der Waals surface area contributed by atoms with Gasteiger partial charge in [-0.1, -0.05) is 29.8 Å². The topological polar surface area (TPSA) is 23.6 Å². The zero-order valence-electron chi connectivity index (χ0n) is 11.6. The molecule has 4 heteroatoms. The minimum absolute atomic E-state index is 0.711. The predicted molar refractivity (Wildman–Crippen MR) is 83.0 cm³/mol. The van der Waals surface area contributed by atoms with Crippen molar-refractivity contribution >= 4 is 27.9 Å². The summed E-state index contributed by atoms with van der Waals surface area (Å²) in [5, 5.41) is 0. The van der Waals surface area contributed by atoms with Crippen LogP contribution in [0.15, 0.2) is 22.7 Å². The van der Waals surface area contributed by atoms with Crippen molar-refractivity contribution in [3.8, 4) is 0 Å². The Labute approximate surface area is 123 Å². The molecule has 2 rings (SSSR count). The van der Waals surface area contributed by atoms with Crippen molar-refractivity contribution in [3.05, 3.63) is 28.2 Å². The summed E-state index contributed by atoms with van der Waals surface area (Å²) >= 11 is 3.48. The Morgan fingerprint density at radius 3 is 2.53 bits per heavy atom. The van der Waals surface area contributed by atoms with E-state index in [1.165, 1.54) is 0 Å². The third-order valence-electron chi connectivity index (χ3n) is 3.46. The van der Waals surface area contributed by atoms with Crippen LogP contribution in [0.1, 0.15) is 24.2 Å². The number of rotatable bonds is 4. The molecule has 0 unspecified atom stereocenters. The Morgan fingerprint density at radius 1 is 1.26 bits per heavy atom. The van der Waals surface area contributed by atoms with Gasteiger partial charge in [-0.05, 0) is 24.1 Å². The minimum Gasteiger partial charge on any atom is -0.368 e. The van der Waals surface area contributed by atoms with Crippen LogP contribution in [0.25, 0.3) is 0 Å². The Kier molecular flexibility index (Phi) is 4.99. The number of aldehydes is 1. The molecule has 0 saturated carbocycles. The molecule has 1 aliphatic heterocycles. The van der Waals surface area contributed by atoms with E-state index in [9.17, 15) is 4.79 Å². The number of piperazine rings is 1. The summed E-state index contributed by atoms with van der Waals surface area (Å²) in [6.45, 7) is 9.79. The molecule has 1 heterocycles. The van der Waals surface area contributed by atoms with E-state index in [1.54, 1.807) is 0 Å². The summed E-state index contributed by atoms with van der Waals surface area (Å²) in [6.07, 6.45) is 0.947. The van der Waals surface area contributed by atoms with Crippen LogP contribution in [-0.4, -0.2) is 43.9 Å². The second kappa shape index (κ2) is 6.53. The fourth-order valence-electron chi connectivity index (χ4n) is 2.58. The predicted octanol–water partition coefficient (Wildman–Crippen LogP) is 3.04. The third-order valence-corrected chi connectivity index (χ3v) is 3.95. The maximum atomic E-state index is 11.1. The van der Waals surface area contributed by atoms with Gasteiger partial charge in [0, 0.05) is 48.4 Å². The van der Waals surface area contributed by atoms with Crippen LogP contribution >= 0.6 is 15.9 Å². The van der Waals surface area contributed by atoms with Crippen LogP contribution in [0, 0.1) is 5.92 Å². The highest BCUT2D eigenvalue weighted by atomic mass is 79.9. The van der Waals surface area contributed by atoms with E-state index in [-0.39, 0.29) is 0 Å². The molecular formula is C15H21BrN2O. The first kappa shape index (κ1) is 14.5. The number of hydrogen-bond donors (Lipinski definition) is 0. The molecular weight excluding hydrogens is 304 g/mol. The molecule has 0 atom stereocenters. The molecule has 0 aromatic heterocycles. The first-order valence-electron chi connectivity index (χ1n) is 6.82. The lowest BCUT2D eigenvalue weighted by atomic mass is 10.1. The van der Waals surface area contributed by atoms with Gasteiger partial charge in [0.1, 0.15) is 0 Å². The number of halogens is 1. The van der Waals surface area contributed by atoms with Gasteiger partial charge in [-0.3, -0.25) is 9.69 Å². The summed E-state index contributed by atoms with van der Waals surface area (Å²) in [5.74, 6) is 0.711. The summed E-state index contributed by atoms with van der Waals surface area (Å²) in [5.41, 5.74) is 1.83. The maximum absolute atomic E-state index is 11.1. The van der Waals surface area contributed by atoms with Crippen LogP contribution in [0.5, 0.6) is 0 Å². The van der Waals surface area contributed by atoms with Gasteiger partial charge in [-0.2, -0.15) is 0 Å². The van der Waals surface area contributed by atoms with E-state index in [0.717, 1.165) is 54.7 Å². The molecule has 0 aliphatic carbocycles. The standard InChI is InChI=1S/C15H21BrN2O/c1-12(2)10-17-5-7-18(8-6-17)15-9-14(16)4-3-13(15)11-19/h3-4,9,11-12H,5-8,10H2,1-2H3. The molecule has 3 nitrogen and oxygen atoms in total. The SMILES string of the molecule is CC(C)CN1CCN(c2cc(Br)ccc2C=O)CC1. The van der Waals surface area contributed by atoms with Gasteiger partial charge in [-0.15, -0.1) is 0 Å². The first-order chi connectivity index (χ1) is 9.10. The average molecular weight is 325 g/mol. The van der Waals surface area contributed by atoms with Crippen molar-refractivity contribution in [1.82, 2.24) is 4.90 Å². The third kappa shape index (κ3) is 3.80. The summed E-state index contributed by atoms with van der Waals surface area (Å²) < 4.78 is 1.03. The Bertz CT molecular complexity index is 440. The fraction of sp³-hybridized carbons (Fsp3) is 0.533. The van der Waals surface area contributed by atoms with Crippen molar-refractivity contribution < 1.29 is 4.79 Å². The van der Waals surface area contributed by atoms with Gasteiger partial charge in [0.05, 0.1) is 0 Å². The van der Waals surface area contributed by atoms with Gasteiger partial charge in [0.15, 0.2) is 6.29 Å². The van der Waals surface area contributed by atoms with Crippen LogP contribution < -0.4 is 4.90 Å². The lowest BCUT2D eigenvalue weighted by molar-refractivity contribution is 0.112. The summed E-state index contributed by atoms with van der Waals surface area (Å²) in [4.78, 5) is 15.9. The van der Waals surface area contributed by atoms with Crippen molar-refractivity contribution in [2.24, 2.45) is 5.92 Å². The molecule has 1 fully saturated rings. The van der Waals surface area contributed by atoms with Crippen molar-refractivity contribution in [2.75, 3.05) is 37.6 Å². The van der Waals surface area contributed by atoms with Gasteiger partial charge in [0.2, 0.25) is 0 Å². The van der Waals surface area contributed by atoms with Crippen molar-refractivity contribution in [2.45, 2.75) is 13.8 Å². The Morgan fingerprint density at radius 2 is 1.95 bits per heavy atom. The molecule has 1 aromatic carbocycles. The van der Waals surface area contributed by atoms with Gasteiger partial charge in [-0.25, -0.2) is 0 Å². The van der Waals surface area contributed by atoms with Crippen molar-refractivity contribution in [3.63, 3.8) is 0 Å². The van der Waals surface area contributed by atoms with E-state index >= 15 is 0 Å². The monoisotopic (exact) mass is 324 g/mol. The number of benzene rings is 1. The quantitative estimate of drug-likeness (QED) is 0.795. The highest BCUT2D eigenvalue weighted by Crippen LogP contribution is 2.25. The van der Waals surface area contributed by atoms with Crippen LogP contribution in [0.4, 0.5) is 5.69 Å². The van der Waals surface area contributed by atoms with Crippen LogP contribution in [0.3, 0.4) is 0 Å². The van der Waals surface area contributed by atoms with Gasteiger partial charge in [0.25, 0.3) is 0 Å². The van der Waals surface area contributed by atoms with E-state index in [0.29, 0.717) is 5.92 Å². The summed E-state index contributed by atoms with van der Waals surface area (Å²) in [6, 6.07) is 5.84. The number of hydrogen-bond acceptors (Lipinski definition) is 3. The number of carbonyl (C=O) groups excluding carboxylic acids is 1. The summed E-state index contributed by atoms with van der Waals surface area (Å²) in [7, 11) is 0. The first-order valence-corrected chi connectivity index (χ1v) is 7.61. The molecule has 1 aromatic rings. The molecule has 19 heavy (non-hydrogen) atoms. The Hall–Kier alpha value is -0.870. The number of nitrogens with zero attached hydrogens (tertiary/aromatic N) is 2. The Balaban J connectivity index is 2.05.